The van der Waals surface area contributed by atoms with Crippen molar-refractivity contribution >= 4 is 0 Å². The van der Waals surface area contributed by atoms with Gasteiger partial charge in [0.2, 0.25) is 0 Å². The molecule has 0 aliphatic carbocycles. The van der Waals surface area contributed by atoms with Crippen LogP contribution in [0, 0.1) is 5.92 Å². The topological polar surface area (TPSA) is 32.3 Å². The summed E-state index contributed by atoms with van der Waals surface area (Å²) < 4.78 is 0. The quantitative estimate of drug-likeness (QED) is 0.568. The Morgan fingerprint density at radius 1 is 1.60 bits per heavy atom. The molecule has 0 radical (unpaired) electrons. The fourth-order valence-corrected chi connectivity index (χ4v) is 1.72. The maximum absolute atomic E-state index is 9.29. The van der Waals surface area contributed by atoms with Crippen LogP contribution < -0.4 is 5.32 Å². The zero-order valence-corrected chi connectivity index (χ0v) is 6.80. The number of hydrogen-bond acceptors (Lipinski definition) is 2. The number of piperidine rings is 1. The number of aliphatic hydroxyl groups excluding tert-OH is 1. The summed E-state index contributed by atoms with van der Waals surface area (Å²) in [6, 6.07) is 0.328. The summed E-state index contributed by atoms with van der Waals surface area (Å²) in [4.78, 5) is 0. The second-order valence-corrected chi connectivity index (χ2v) is 3.34. The van der Waals surface area contributed by atoms with Crippen molar-refractivity contribution in [3.8, 4) is 0 Å². The van der Waals surface area contributed by atoms with Crippen molar-refractivity contribution in [2.45, 2.75) is 38.8 Å². The first-order valence-electron chi connectivity index (χ1n) is 4.13. The van der Waals surface area contributed by atoms with Crippen LogP contribution in [0.1, 0.15) is 26.7 Å². The van der Waals surface area contributed by atoms with Crippen LogP contribution in [0.4, 0.5) is 0 Å². The van der Waals surface area contributed by atoms with Gasteiger partial charge in [-0.3, -0.25) is 0 Å². The van der Waals surface area contributed by atoms with Crippen LogP contribution >= 0.6 is 0 Å². The lowest BCUT2D eigenvalue weighted by molar-refractivity contribution is 0.101. The normalized spacial score (nSPS) is 37.5. The Bertz CT molecular complexity index is 103. The van der Waals surface area contributed by atoms with Crippen LogP contribution in [0.5, 0.6) is 0 Å². The monoisotopic (exact) mass is 143 g/mol. The minimum atomic E-state index is -0.199. The largest absolute Gasteiger partial charge is 0.392 e. The maximum Gasteiger partial charge on any atom is 0.0667 e. The molecular formula is C8H17NO. The molecule has 1 fully saturated rings. The van der Waals surface area contributed by atoms with Gasteiger partial charge in [-0.05, 0) is 32.2 Å². The molecule has 0 bridgehead atoms. The van der Waals surface area contributed by atoms with Gasteiger partial charge in [0.05, 0.1) is 6.10 Å². The van der Waals surface area contributed by atoms with Crippen molar-refractivity contribution in [2.24, 2.45) is 5.92 Å². The second kappa shape index (κ2) is 3.35. The molecule has 1 heterocycles. The number of rotatable bonds is 1. The van der Waals surface area contributed by atoms with Gasteiger partial charge in [-0.1, -0.05) is 6.92 Å². The summed E-state index contributed by atoms with van der Waals surface area (Å²) in [7, 11) is 0. The van der Waals surface area contributed by atoms with E-state index in [2.05, 4.69) is 12.2 Å². The lowest BCUT2D eigenvalue weighted by Gasteiger charge is -2.32. The Labute approximate surface area is 62.6 Å². The van der Waals surface area contributed by atoms with Crippen molar-refractivity contribution in [2.75, 3.05) is 6.54 Å². The van der Waals surface area contributed by atoms with Gasteiger partial charge in [0.1, 0.15) is 0 Å². The number of nitrogens with one attached hydrogen (secondary N) is 1. The van der Waals surface area contributed by atoms with E-state index >= 15 is 0 Å². The second-order valence-electron chi connectivity index (χ2n) is 3.34. The van der Waals surface area contributed by atoms with E-state index in [9.17, 15) is 5.11 Å². The van der Waals surface area contributed by atoms with E-state index in [4.69, 9.17) is 0 Å². The van der Waals surface area contributed by atoms with E-state index < -0.39 is 0 Å². The summed E-state index contributed by atoms with van der Waals surface area (Å²) in [5.41, 5.74) is 0. The minimum Gasteiger partial charge on any atom is -0.392 e. The smallest absolute Gasteiger partial charge is 0.0667 e. The molecule has 1 saturated heterocycles. The van der Waals surface area contributed by atoms with Gasteiger partial charge in [0, 0.05) is 6.04 Å². The van der Waals surface area contributed by atoms with Crippen molar-refractivity contribution in [1.29, 1.82) is 0 Å². The van der Waals surface area contributed by atoms with Crippen LogP contribution in [0.25, 0.3) is 0 Å². The molecule has 1 aliphatic rings. The Morgan fingerprint density at radius 3 is 2.70 bits per heavy atom. The lowest BCUT2D eigenvalue weighted by Crippen LogP contribution is -2.46. The molecule has 0 aromatic heterocycles. The van der Waals surface area contributed by atoms with Crippen LogP contribution in [0.3, 0.4) is 0 Å². The molecule has 0 saturated carbocycles. The molecular weight excluding hydrogens is 126 g/mol. The average Bonchev–Trinajstić information content (AvgIpc) is 1.88. The third kappa shape index (κ3) is 1.70. The van der Waals surface area contributed by atoms with Crippen LogP contribution in [0.15, 0.2) is 0 Å². The van der Waals surface area contributed by atoms with Gasteiger partial charge >= 0.3 is 0 Å². The summed E-state index contributed by atoms with van der Waals surface area (Å²) in [5, 5.41) is 12.6. The van der Waals surface area contributed by atoms with Gasteiger partial charge in [0.15, 0.2) is 0 Å². The average molecular weight is 143 g/mol. The predicted octanol–water partition coefficient (Wildman–Crippen LogP) is 0.755. The molecule has 0 amide bonds. The van der Waals surface area contributed by atoms with E-state index in [0.29, 0.717) is 12.0 Å². The van der Waals surface area contributed by atoms with E-state index in [0.717, 1.165) is 6.54 Å². The zero-order valence-electron chi connectivity index (χ0n) is 6.80. The first kappa shape index (κ1) is 8.02. The molecule has 1 rings (SSSR count). The van der Waals surface area contributed by atoms with E-state index in [1.54, 1.807) is 0 Å². The van der Waals surface area contributed by atoms with Gasteiger partial charge in [-0.15, -0.1) is 0 Å². The minimum absolute atomic E-state index is 0.199. The van der Waals surface area contributed by atoms with E-state index in [1.165, 1.54) is 12.8 Å². The summed E-state index contributed by atoms with van der Waals surface area (Å²) in [6.07, 6.45) is 2.31. The summed E-state index contributed by atoms with van der Waals surface area (Å²) >= 11 is 0. The van der Waals surface area contributed by atoms with Gasteiger partial charge in [-0.2, -0.15) is 0 Å². The fourth-order valence-electron chi connectivity index (χ4n) is 1.72. The highest BCUT2D eigenvalue weighted by molar-refractivity contribution is 4.81. The molecule has 2 N–H and O–H groups in total. The van der Waals surface area contributed by atoms with Crippen molar-refractivity contribution < 1.29 is 5.11 Å². The molecule has 2 heteroatoms. The van der Waals surface area contributed by atoms with Crippen LogP contribution in [-0.2, 0) is 0 Å². The Balaban J connectivity index is 2.40. The first-order chi connectivity index (χ1) is 4.72. The molecule has 1 aliphatic heterocycles. The van der Waals surface area contributed by atoms with Crippen molar-refractivity contribution in [3.63, 3.8) is 0 Å². The lowest BCUT2D eigenvalue weighted by atomic mass is 9.90. The summed E-state index contributed by atoms with van der Waals surface area (Å²) in [6.45, 7) is 5.13. The van der Waals surface area contributed by atoms with Gasteiger partial charge < -0.3 is 10.4 Å². The van der Waals surface area contributed by atoms with Crippen LogP contribution in [0.2, 0.25) is 0 Å². The molecule has 3 atom stereocenters. The first-order valence-corrected chi connectivity index (χ1v) is 4.13. The fraction of sp³-hybridized carbons (Fsp3) is 1.00. The van der Waals surface area contributed by atoms with Crippen molar-refractivity contribution in [3.05, 3.63) is 0 Å². The SMILES string of the molecule is CC(O)C1NCCCC1C. The van der Waals surface area contributed by atoms with E-state index in [-0.39, 0.29) is 6.10 Å². The number of aliphatic hydroxyl groups is 1. The van der Waals surface area contributed by atoms with Crippen molar-refractivity contribution in [1.82, 2.24) is 5.32 Å². The molecule has 2 nitrogen and oxygen atoms in total. The number of hydrogen-bond donors (Lipinski definition) is 2. The molecule has 3 unspecified atom stereocenters. The van der Waals surface area contributed by atoms with Gasteiger partial charge in [0.25, 0.3) is 0 Å². The maximum atomic E-state index is 9.29. The molecule has 0 spiro atoms. The third-order valence-corrected chi connectivity index (χ3v) is 2.35. The molecule has 60 valence electrons. The molecule has 0 aromatic rings. The molecule has 0 aromatic carbocycles. The van der Waals surface area contributed by atoms with Gasteiger partial charge in [-0.25, -0.2) is 0 Å². The standard InChI is InChI=1S/C8H17NO/c1-6-4-3-5-9-8(6)7(2)10/h6-10H,3-5H2,1-2H3. The van der Waals surface area contributed by atoms with Crippen LogP contribution in [-0.4, -0.2) is 23.8 Å². The zero-order chi connectivity index (χ0) is 7.56. The van der Waals surface area contributed by atoms with E-state index in [1.807, 2.05) is 6.92 Å². The third-order valence-electron chi connectivity index (χ3n) is 2.35. The highest BCUT2D eigenvalue weighted by Gasteiger charge is 2.24. The Morgan fingerprint density at radius 2 is 2.30 bits per heavy atom. The molecule has 10 heavy (non-hydrogen) atoms. The highest BCUT2D eigenvalue weighted by Crippen LogP contribution is 2.17. The predicted molar refractivity (Wildman–Crippen MR) is 41.9 cm³/mol. The summed E-state index contributed by atoms with van der Waals surface area (Å²) in [5.74, 6) is 0.633. The highest BCUT2D eigenvalue weighted by atomic mass is 16.3. The Kier molecular flexibility index (Phi) is 2.69. The Hall–Kier alpha value is -0.0800.